The SMILES string of the molecule is Cc1sc(NC(=O)CCC(=O)O)nc1-c1ccc(CC(C)C)cc1. The van der Waals surface area contributed by atoms with Crippen LogP contribution in [0.2, 0.25) is 0 Å². The zero-order valence-electron chi connectivity index (χ0n) is 14.1. The number of carbonyl (C=O) groups excluding carboxylic acids is 1. The first-order chi connectivity index (χ1) is 11.3. The predicted octanol–water partition coefficient (Wildman–Crippen LogP) is 4.12. The number of rotatable bonds is 7. The molecule has 128 valence electrons. The van der Waals surface area contributed by atoms with E-state index in [2.05, 4.69) is 48.4 Å². The number of amides is 1. The summed E-state index contributed by atoms with van der Waals surface area (Å²) in [5, 5.41) is 11.8. The molecule has 24 heavy (non-hydrogen) atoms. The Labute approximate surface area is 145 Å². The molecule has 6 heteroatoms. The fourth-order valence-corrected chi connectivity index (χ4v) is 3.24. The van der Waals surface area contributed by atoms with Crippen LogP contribution in [0, 0.1) is 12.8 Å². The van der Waals surface area contributed by atoms with Crippen LogP contribution in [0.4, 0.5) is 5.13 Å². The minimum absolute atomic E-state index is 0.0484. The first-order valence-corrected chi connectivity index (χ1v) is 8.75. The summed E-state index contributed by atoms with van der Waals surface area (Å²) in [5.41, 5.74) is 3.16. The smallest absolute Gasteiger partial charge is 0.303 e. The van der Waals surface area contributed by atoms with Gasteiger partial charge in [0.2, 0.25) is 5.91 Å². The first kappa shape index (κ1) is 18.1. The molecule has 1 aromatic heterocycles. The molecular formula is C18H22N2O3S. The van der Waals surface area contributed by atoms with Crippen LogP contribution < -0.4 is 5.32 Å². The zero-order chi connectivity index (χ0) is 17.7. The molecule has 0 unspecified atom stereocenters. The maximum atomic E-state index is 11.7. The van der Waals surface area contributed by atoms with Crippen molar-refractivity contribution < 1.29 is 14.7 Å². The molecule has 2 aromatic rings. The van der Waals surface area contributed by atoms with Crippen LogP contribution in [0.25, 0.3) is 11.3 Å². The maximum Gasteiger partial charge on any atom is 0.303 e. The van der Waals surface area contributed by atoms with Crippen molar-refractivity contribution in [3.8, 4) is 11.3 Å². The van der Waals surface area contributed by atoms with E-state index in [-0.39, 0.29) is 18.7 Å². The fourth-order valence-electron chi connectivity index (χ4n) is 2.39. The van der Waals surface area contributed by atoms with Crippen molar-refractivity contribution in [1.29, 1.82) is 0 Å². The van der Waals surface area contributed by atoms with Crippen molar-refractivity contribution >= 4 is 28.3 Å². The third-order valence-electron chi connectivity index (χ3n) is 3.48. The fraction of sp³-hybridized carbons (Fsp3) is 0.389. The second kappa shape index (κ2) is 8.06. The number of aliphatic carboxylic acids is 1. The molecule has 0 bridgehead atoms. The largest absolute Gasteiger partial charge is 0.481 e. The third-order valence-corrected chi connectivity index (χ3v) is 4.37. The van der Waals surface area contributed by atoms with Gasteiger partial charge in [-0.3, -0.25) is 9.59 Å². The van der Waals surface area contributed by atoms with Gasteiger partial charge in [-0.05, 0) is 24.8 Å². The Morgan fingerprint density at radius 3 is 2.46 bits per heavy atom. The van der Waals surface area contributed by atoms with Crippen molar-refractivity contribution in [2.75, 3.05) is 5.32 Å². The summed E-state index contributed by atoms with van der Waals surface area (Å²) in [4.78, 5) is 27.7. The average Bonchev–Trinajstić information content (AvgIpc) is 2.86. The number of hydrogen-bond acceptors (Lipinski definition) is 4. The van der Waals surface area contributed by atoms with E-state index in [4.69, 9.17) is 5.11 Å². The second-order valence-electron chi connectivity index (χ2n) is 6.16. The molecular weight excluding hydrogens is 324 g/mol. The van der Waals surface area contributed by atoms with Crippen LogP contribution >= 0.6 is 11.3 Å². The Morgan fingerprint density at radius 1 is 1.21 bits per heavy atom. The average molecular weight is 346 g/mol. The molecule has 0 aliphatic carbocycles. The Bertz CT molecular complexity index is 720. The molecule has 0 fully saturated rings. The van der Waals surface area contributed by atoms with Crippen LogP contribution in [-0.2, 0) is 16.0 Å². The number of thiazole rings is 1. The first-order valence-electron chi connectivity index (χ1n) is 7.93. The van der Waals surface area contributed by atoms with Crippen LogP contribution in [0.15, 0.2) is 24.3 Å². The molecule has 1 heterocycles. The number of hydrogen-bond donors (Lipinski definition) is 2. The van der Waals surface area contributed by atoms with Gasteiger partial charge in [-0.25, -0.2) is 4.98 Å². The number of carbonyl (C=O) groups is 2. The van der Waals surface area contributed by atoms with Crippen LogP contribution in [0.5, 0.6) is 0 Å². The molecule has 2 rings (SSSR count). The lowest BCUT2D eigenvalue weighted by molar-refractivity contribution is -0.138. The summed E-state index contributed by atoms with van der Waals surface area (Å²) in [6.45, 7) is 6.34. The number of carboxylic acids is 1. The van der Waals surface area contributed by atoms with Gasteiger partial charge in [0, 0.05) is 16.9 Å². The van der Waals surface area contributed by atoms with Gasteiger partial charge < -0.3 is 10.4 Å². The van der Waals surface area contributed by atoms with E-state index in [1.807, 2.05) is 6.92 Å². The highest BCUT2D eigenvalue weighted by Crippen LogP contribution is 2.30. The lowest BCUT2D eigenvalue weighted by atomic mass is 10.0. The number of nitrogens with one attached hydrogen (secondary N) is 1. The van der Waals surface area contributed by atoms with Crippen LogP contribution in [0.3, 0.4) is 0 Å². The van der Waals surface area contributed by atoms with Crippen LogP contribution in [-0.4, -0.2) is 22.0 Å². The summed E-state index contributed by atoms with van der Waals surface area (Å²) in [6, 6.07) is 8.32. The molecule has 1 amide bonds. The highest BCUT2D eigenvalue weighted by molar-refractivity contribution is 7.16. The van der Waals surface area contributed by atoms with E-state index in [1.165, 1.54) is 16.9 Å². The molecule has 0 radical (unpaired) electrons. The summed E-state index contributed by atoms with van der Waals surface area (Å²) in [6.07, 6.45) is 0.814. The Hall–Kier alpha value is -2.21. The molecule has 0 spiro atoms. The van der Waals surface area contributed by atoms with Gasteiger partial charge in [0.25, 0.3) is 0 Å². The highest BCUT2D eigenvalue weighted by atomic mass is 32.1. The molecule has 1 aromatic carbocycles. The minimum Gasteiger partial charge on any atom is -0.481 e. The van der Waals surface area contributed by atoms with Crippen molar-refractivity contribution in [3.05, 3.63) is 34.7 Å². The monoisotopic (exact) mass is 346 g/mol. The Balaban J connectivity index is 2.08. The summed E-state index contributed by atoms with van der Waals surface area (Å²) < 4.78 is 0. The summed E-state index contributed by atoms with van der Waals surface area (Å²) >= 11 is 1.40. The molecule has 5 nitrogen and oxygen atoms in total. The zero-order valence-corrected chi connectivity index (χ0v) is 14.9. The molecule has 0 saturated carbocycles. The van der Waals surface area contributed by atoms with Gasteiger partial charge in [0.1, 0.15) is 0 Å². The quantitative estimate of drug-likeness (QED) is 0.790. The van der Waals surface area contributed by atoms with Gasteiger partial charge in [0.15, 0.2) is 5.13 Å². The number of aryl methyl sites for hydroxylation is 1. The standard InChI is InChI=1S/C18H22N2O3S/c1-11(2)10-13-4-6-14(7-5-13)17-12(3)24-18(20-17)19-15(21)8-9-16(22)23/h4-7,11H,8-10H2,1-3H3,(H,22,23)(H,19,20,21). The lowest BCUT2D eigenvalue weighted by Crippen LogP contribution is -2.12. The van der Waals surface area contributed by atoms with Crippen LogP contribution in [0.1, 0.15) is 37.1 Å². The number of aromatic nitrogens is 1. The Kier molecular flexibility index (Phi) is 6.09. The molecule has 0 atom stereocenters. The number of carboxylic acid groups (broad SMARTS) is 1. The van der Waals surface area contributed by atoms with E-state index in [9.17, 15) is 9.59 Å². The lowest BCUT2D eigenvalue weighted by Gasteiger charge is -2.06. The number of nitrogens with zero attached hydrogens (tertiary/aromatic N) is 1. The van der Waals surface area contributed by atoms with Gasteiger partial charge in [-0.15, -0.1) is 11.3 Å². The van der Waals surface area contributed by atoms with E-state index in [1.54, 1.807) is 0 Å². The maximum absolute atomic E-state index is 11.7. The number of anilines is 1. The highest BCUT2D eigenvalue weighted by Gasteiger charge is 2.13. The summed E-state index contributed by atoms with van der Waals surface area (Å²) in [5.74, 6) is -0.697. The van der Waals surface area contributed by atoms with Crippen molar-refractivity contribution in [3.63, 3.8) is 0 Å². The third kappa shape index (κ3) is 5.16. The van der Waals surface area contributed by atoms with Gasteiger partial charge >= 0.3 is 5.97 Å². The summed E-state index contributed by atoms with van der Waals surface area (Å²) in [7, 11) is 0. The number of benzene rings is 1. The predicted molar refractivity (Wildman–Crippen MR) is 96.3 cm³/mol. The van der Waals surface area contributed by atoms with Gasteiger partial charge in [-0.1, -0.05) is 38.1 Å². The molecule has 0 aliphatic heterocycles. The minimum atomic E-state index is -0.984. The van der Waals surface area contributed by atoms with Gasteiger partial charge in [0.05, 0.1) is 12.1 Å². The molecule has 0 aliphatic rings. The topological polar surface area (TPSA) is 79.3 Å². The van der Waals surface area contributed by atoms with E-state index in [0.717, 1.165) is 22.6 Å². The molecule has 0 saturated heterocycles. The van der Waals surface area contributed by atoms with Crippen molar-refractivity contribution in [2.45, 2.75) is 40.0 Å². The van der Waals surface area contributed by atoms with E-state index < -0.39 is 5.97 Å². The van der Waals surface area contributed by atoms with Crippen molar-refractivity contribution in [2.24, 2.45) is 5.92 Å². The van der Waals surface area contributed by atoms with Crippen molar-refractivity contribution in [1.82, 2.24) is 4.98 Å². The molecule has 2 N–H and O–H groups in total. The van der Waals surface area contributed by atoms with E-state index in [0.29, 0.717) is 11.0 Å². The normalized spacial score (nSPS) is 10.8. The second-order valence-corrected chi connectivity index (χ2v) is 7.36. The Morgan fingerprint density at radius 2 is 1.88 bits per heavy atom. The van der Waals surface area contributed by atoms with Gasteiger partial charge in [-0.2, -0.15) is 0 Å². The van der Waals surface area contributed by atoms with E-state index >= 15 is 0 Å².